The minimum atomic E-state index is -0.916. The second-order valence-corrected chi connectivity index (χ2v) is 11.1. The maximum Gasteiger partial charge on any atom is 0.410 e. The zero-order valence-electron chi connectivity index (χ0n) is 20.2. The molecule has 1 saturated carbocycles. The van der Waals surface area contributed by atoms with Crippen LogP contribution < -0.4 is 5.32 Å². The molecule has 2 aromatic heterocycles. The number of amides is 2. The molecule has 2 unspecified atom stereocenters. The van der Waals surface area contributed by atoms with Crippen molar-refractivity contribution in [2.45, 2.75) is 50.8 Å². The number of imidazole rings is 2. The number of nitrogens with one attached hydrogen (secondary N) is 1. The van der Waals surface area contributed by atoms with Crippen molar-refractivity contribution in [3.05, 3.63) is 36.4 Å². The van der Waals surface area contributed by atoms with Crippen LogP contribution in [-0.4, -0.2) is 76.3 Å². The first-order chi connectivity index (χ1) is 16.0. The number of aryl methyl sites for hydroxylation is 2. The predicted octanol–water partition coefficient (Wildman–Crippen LogP) is 1.26. The summed E-state index contributed by atoms with van der Waals surface area (Å²) in [7, 11) is 3.85. The van der Waals surface area contributed by atoms with Crippen LogP contribution in [0.25, 0.3) is 0 Å². The van der Waals surface area contributed by atoms with Crippen molar-refractivity contribution in [1.29, 1.82) is 0 Å². The summed E-state index contributed by atoms with van der Waals surface area (Å²) in [4.78, 5) is 38.5. The Labute approximate surface area is 204 Å². The van der Waals surface area contributed by atoms with Crippen LogP contribution in [-0.2, 0) is 36.5 Å². The van der Waals surface area contributed by atoms with Crippen molar-refractivity contribution in [2.24, 2.45) is 25.9 Å². The Balaban J connectivity index is 1.35. The molecule has 3 fully saturated rings. The molecule has 5 rings (SSSR count). The third kappa shape index (κ3) is 3.85. The fourth-order valence-corrected chi connectivity index (χ4v) is 5.70. The van der Waals surface area contributed by atoms with Crippen molar-refractivity contribution >= 4 is 29.3 Å². The lowest BCUT2D eigenvalue weighted by Crippen LogP contribution is -2.52. The summed E-state index contributed by atoms with van der Waals surface area (Å²) in [5, 5.41) is 3.85. The standard InChI is InChI=1S/C23H31N7O3S/c1-22(2,3)33-21(32)29-10-16-17(11-29)18(16)30-19(31)23(26-20(30)34,6-14-8-24-12-27(14)4)7-15-9-25-13-28(15)5/h8-9,12-13,16-18H,6-7,10-11H2,1-5H3,(H,26,34). The number of hydrogen-bond acceptors (Lipinski definition) is 6. The van der Waals surface area contributed by atoms with Crippen LogP contribution in [0.1, 0.15) is 32.2 Å². The summed E-state index contributed by atoms with van der Waals surface area (Å²) in [6, 6.07) is 0.00568. The highest BCUT2D eigenvalue weighted by molar-refractivity contribution is 7.80. The van der Waals surface area contributed by atoms with E-state index in [0.717, 1.165) is 11.4 Å². The van der Waals surface area contributed by atoms with Crippen LogP contribution in [0.5, 0.6) is 0 Å². The zero-order valence-corrected chi connectivity index (χ0v) is 21.0. The van der Waals surface area contributed by atoms with Crippen LogP contribution in [0, 0.1) is 11.8 Å². The van der Waals surface area contributed by atoms with E-state index in [1.54, 1.807) is 34.8 Å². The van der Waals surface area contributed by atoms with Gasteiger partial charge in [0.25, 0.3) is 5.91 Å². The van der Waals surface area contributed by atoms with E-state index in [9.17, 15) is 9.59 Å². The van der Waals surface area contributed by atoms with E-state index in [0.29, 0.717) is 31.0 Å². The van der Waals surface area contributed by atoms with Gasteiger partial charge in [0.05, 0.1) is 12.7 Å². The van der Waals surface area contributed by atoms with Crippen LogP contribution in [0.4, 0.5) is 4.79 Å². The maximum atomic E-state index is 14.0. The number of hydrogen-bond donors (Lipinski definition) is 1. The number of carbonyl (C=O) groups excluding carboxylic acids is 2. The van der Waals surface area contributed by atoms with Gasteiger partial charge in [-0.3, -0.25) is 9.69 Å². The van der Waals surface area contributed by atoms with Gasteiger partial charge in [-0.1, -0.05) is 0 Å². The van der Waals surface area contributed by atoms with Crippen molar-refractivity contribution in [1.82, 2.24) is 34.2 Å². The Hall–Kier alpha value is -2.95. The fourth-order valence-electron chi connectivity index (χ4n) is 5.30. The Morgan fingerprint density at radius 3 is 2.09 bits per heavy atom. The number of carbonyl (C=O) groups is 2. The molecular weight excluding hydrogens is 454 g/mol. The Morgan fingerprint density at radius 2 is 1.65 bits per heavy atom. The van der Waals surface area contributed by atoms with E-state index in [1.807, 2.05) is 44.0 Å². The first kappa shape index (κ1) is 22.8. The smallest absolute Gasteiger partial charge is 0.410 e. The molecule has 3 aliphatic rings. The second kappa shape index (κ2) is 7.79. The summed E-state index contributed by atoms with van der Waals surface area (Å²) < 4.78 is 9.37. The van der Waals surface area contributed by atoms with Gasteiger partial charge in [0.15, 0.2) is 5.11 Å². The molecule has 10 nitrogen and oxygen atoms in total. The van der Waals surface area contributed by atoms with Gasteiger partial charge < -0.3 is 24.1 Å². The number of aromatic nitrogens is 4. The maximum absolute atomic E-state index is 14.0. The SMILES string of the molecule is Cn1cncc1CC1(Cc2cncn2C)NC(=S)N(C2C3CN(C(=O)OC(C)(C)C)CC32)C1=O. The Bertz CT molecular complexity index is 1100. The second-order valence-electron chi connectivity index (χ2n) is 10.7. The van der Waals surface area contributed by atoms with E-state index in [1.165, 1.54) is 0 Å². The van der Waals surface area contributed by atoms with E-state index >= 15 is 0 Å². The molecule has 2 aromatic rings. The Morgan fingerprint density at radius 1 is 1.12 bits per heavy atom. The number of piperidine rings is 1. The minimum Gasteiger partial charge on any atom is -0.444 e. The topological polar surface area (TPSA) is 97.5 Å². The predicted molar refractivity (Wildman–Crippen MR) is 128 cm³/mol. The van der Waals surface area contributed by atoms with E-state index in [4.69, 9.17) is 17.0 Å². The van der Waals surface area contributed by atoms with Crippen LogP contribution in [0.2, 0.25) is 0 Å². The fraction of sp³-hybridized carbons (Fsp3) is 0.609. The average Bonchev–Trinajstić information content (AvgIpc) is 3.20. The van der Waals surface area contributed by atoms with Crippen molar-refractivity contribution in [3.8, 4) is 0 Å². The molecule has 34 heavy (non-hydrogen) atoms. The summed E-state index contributed by atoms with van der Waals surface area (Å²) >= 11 is 5.71. The lowest BCUT2D eigenvalue weighted by molar-refractivity contribution is -0.131. The number of ether oxygens (including phenoxy) is 1. The van der Waals surface area contributed by atoms with Crippen LogP contribution in [0.15, 0.2) is 25.0 Å². The van der Waals surface area contributed by atoms with E-state index in [-0.39, 0.29) is 29.9 Å². The summed E-state index contributed by atoms with van der Waals surface area (Å²) in [5.74, 6) is 0.393. The first-order valence-electron chi connectivity index (χ1n) is 11.5. The van der Waals surface area contributed by atoms with Gasteiger partial charge in [0, 0.05) is 81.7 Å². The summed E-state index contributed by atoms with van der Waals surface area (Å²) in [5.41, 5.74) is 0.441. The molecule has 1 aliphatic carbocycles. The third-order valence-electron chi connectivity index (χ3n) is 7.09. The van der Waals surface area contributed by atoms with E-state index < -0.39 is 11.1 Å². The zero-order chi connectivity index (χ0) is 24.4. The quantitative estimate of drug-likeness (QED) is 0.637. The first-order valence-corrected chi connectivity index (χ1v) is 11.9. The molecule has 0 bridgehead atoms. The van der Waals surface area contributed by atoms with Gasteiger partial charge in [0.1, 0.15) is 11.1 Å². The molecule has 4 heterocycles. The molecule has 2 amide bonds. The van der Waals surface area contributed by atoms with E-state index in [2.05, 4.69) is 15.3 Å². The minimum absolute atomic E-state index is 0.00568. The number of nitrogens with zero attached hydrogens (tertiary/aromatic N) is 6. The van der Waals surface area contributed by atoms with Gasteiger partial charge in [-0.25, -0.2) is 14.8 Å². The van der Waals surface area contributed by atoms with Gasteiger partial charge in [-0.05, 0) is 33.0 Å². The molecule has 0 radical (unpaired) electrons. The summed E-state index contributed by atoms with van der Waals surface area (Å²) in [6.07, 6.45) is 7.66. The van der Waals surface area contributed by atoms with Crippen LogP contribution >= 0.6 is 12.2 Å². The molecule has 2 atom stereocenters. The highest BCUT2D eigenvalue weighted by Gasteiger charge is 2.65. The number of fused-ring (bicyclic) bond motifs is 1. The lowest BCUT2D eigenvalue weighted by atomic mass is 9.88. The highest BCUT2D eigenvalue weighted by Crippen LogP contribution is 2.51. The molecule has 182 valence electrons. The lowest BCUT2D eigenvalue weighted by Gasteiger charge is -2.29. The molecule has 1 N–H and O–H groups in total. The Kier molecular flexibility index (Phi) is 5.23. The van der Waals surface area contributed by atoms with Gasteiger partial charge in [0.2, 0.25) is 0 Å². The van der Waals surface area contributed by atoms with Gasteiger partial charge >= 0.3 is 6.09 Å². The van der Waals surface area contributed by atoms with Gasteiger partial charge in [-0.15, -0.1) is 0 Å². The normalized spacial score (nSPS) is 25.5. The monoisotopic (exact) mass is 485 g/mol. The molecule has 0 spiro atoms. The molecule has 2 aliphatic heterocycles. The van der Waals surface area contributed by atoms with Crippen molar-refractivity contribution in [3.63, 3.8) is 0 Å². The third-order valence-corrected chi connectivity index (χ3v) is 7.39. The van der Waals surface area contributed by atoms with Crippen LogP contribution in [0.3, 0.4) is 0 Å². The molecule has 0 aromatic carbocycles. The molecule has 11 heteroatoms. The van der Waals surface area contributed by atoms with Crippen molar-refractivity contribution in [2.75, 3.05) is 13.1 Å². The summed E-state index contributed by atoms with van der Waals surface area (Å²) in [6.45, 7) is 6.74. The molecular formula is C23H31N7O3S. The van der Waals surface area contributed by atoms with Crippen molar-refractivity contribution < 1.29 is 14.3 Å². The molecule has 2 saturated heterocycles. The number of likely N-dealkylation sites (tertiary alicyclic amines) is 1. The van der Waals surface area contributed by atoms with Gasteiger partial charge in [-0.2, -0.15) is 0 Å². The highest BCUT2D eigenvalue weighted by atomic mass is 32.1. The average molecular weight is 486 g/mol. The number of thiocarbonyl (C=S) groups is 1. The number of rotatable bonds is 5. The largest absolute Gasteiger partial charge is 0.444 e.